The van der Waals surface area contributed by atoms with Crippen LogP contribution in [0.3, 0.4) is 0 Å². The summed E-state index contributed by atoms with van der Waals surface area (Å²) in [4.78, 5) is 34.8. The monoisotopic (exact) mass is 416 g/mol. The summed E-state index contributed by atoms with van der Waals surface area (Å²) >= 11 is 2.97. The summed E-state index contributed by atoms with van der Waals surface area (Å²) in [6, 6.07) is 10.3. The van der Waals surface area contributed by atoms with Gasteiger partial charge in [0.15, 0.2) is 5.16 Å². The summed E-state index contributed by atoms with van der Waals surface area (Å²) in [5, 5.41) is 1.02. The third kappa shape index (κ3) is 3.93. The summed E-state index contributed by atoms with van der Waals surface area (Å²) in [5.41, 5.74) is 2.09. The van der Waals surface area contributed by atoms with Crippen molar-refractivity contribution >= 4 is 35.1 Å². The van der Waals surface area contributed by atoms with Crippen LogP contribution in [0.4, 0.5) is 5.69 Å². The number of hydrogen-bond donors (Lipinski definition) is 0. The zero-order valence-electron chi connectivity index (χ0n) is 16.1. The van der Waals surface area contributed by atoms with E-state index in [1.54, 1.807) is 23.4 Å². The Morgan fingerprint density at radius 2 is 1.93 bits per heavy atom. The van der Waals surface area contributed by atoms with Crippen molar-refractivity contribution in [1.82, 2.24) is 14.5 Å². The van der Waals surface area contributed by atoms with Gasteiger partial charge in [-0.2, -0.15) is 0 Å². The highest BCUT2D eigenvalue weighted by molar-refractivity contribution is 8.00. The minimum atomic E-state index is 0.00535. The maximum absolute atomic E-state index is 12.7. The Labute approximate surface area is 173 Å². The molecule has 6 nitrogen and oxygen atoms in total. The summed E-state index contributed by atoms with van der Waals surface area (Å²) in [6.07, 6.45) is 0.818. The van der Waals surface area contributed by atoms with Gasteiger partial charge in [-0.15, -0.1) is 11.8 Å². The van der Waals surface area contributed by atoms with Crippen molar-refractivity contribution in [2.75, 3.05) is 36.8 Å². The van der Waals surface area contributed by atoms with E-state index >= 15 is 0 Å². The molecule has 1 saturated heterocycles. The highest BCUT2D eigenvalue weighted by atomic mass is 32.2. The van der Waals surface area contributed by atoms with Crippen LogP contribution >= 0.6 is 23.5 Å². The molecule has 2 aliphatic heterocycles. The Kier molecular flexibility index (Phi) is 5.68. The molecule has 0 bridgehead atoms. The van der Waals surface area contributed by atoms with Gasteiger partial charge in [0.1, 0.15) is 0 Å². The SMILES string of the molecule is C[C@H]1Cc2nc(SCC(=O)N3CCN(c4ccccc4)CC3)n(C)c(=O)c2S1. The van der Waals surface area contributed by atoms with Crippen LogP contribution in [0.2, 0.25) is 0 Å². The lowest BCUT2D eigenvalue weighted by molar-refractivity contribution is -0.128. The van der Waals surface area contributed by atoms with Gasteiger partial charge in [0, 0.05) is 50.6 Å². The predicted molar refractivity (Wildman–Crippen MR) is 114 cm³/mol. The molecule has 0 spiro atoms. The lowest BCUT2D eigenvalue weighted by Gasteiger charge is -2.36. The average molecular weight is 417 g/mol. The van der Waals surface area contributed by atoms with Gasteiger partial charge in [0.2, 0.25) is 5.91 Å². The van der Waals surface area contributed by atoms with Gasteiger partial charge in [-0.3, -0.25) is 14.2 Å². The molecule has 8 heteroatoms. The number of nitrogens with zero attached hydrogens (tertiary/aromatic N) is 4. The maximum Gasteiger partial charge on any atom is 0.267 e. The highest BCUT2D eigenvalue weighted by Gasteiger charge is 2.26. The summed E-state index contributed by atoms with van der Waals surface area (Å²) in [7, 11) is 1.74. The lowest BCUT2D eigenvalue weighted by Crippen LogP contribution is -2.49. The standard InChI is InChI=1S/C20H24N4O2S2/c1-14-12-16-18(28-14)19(26)22(2)20(21-16)27-13-17(25)24-10-8-23(9-11-24)15-6-4-3-5-7-15/h3-7,14H,8-13H2,1-2H3/t14-/m0/s1. The molecule has 28 heavy (non-hydrogen) atoms. The van der Waals surface area contributed by atoms with Gasteiger partial charge < -0.3 is 9.80 Å². The van der Waals surface area contributed by atoms with Crippen molar-refractivity contribution in [2.24, 2.45) is 7.05 Å². The Hall–Kier alpha value is -1.93. The number of amides is 1. The fourth-order valence-electron chi connectivity index (χ4n) is 3.58. The normalized spacial score (nSPS) is 19.0. The van der Waals surface area contributed by atoms with E-state index in [1.165, 1.54) is 17.4 Å². The van der Waals surface area contributed by atoms with Crippen LogP contribution in [0.5, 0.6) is 0 Å². The van der Waals surface area contributed by atoms with Crippen LogP contribution in [0.15, 0.2) is 45.2 Å². The van der Waals surface area contributed by atoms with Gasteiger partial charge in [0.05, 0.1) is 16.3 Å². The summed E-state index contributed by atoms with van der Waals surface area (Å²) in [5.74, 6) is 0.419. The van der Waals surface area contributed by atoms with E-state index in [4.69, 9.17) is 0 Å². The largest absolute Gasteiger partial charge is 0.368 e. The molecule has 0 radical (unpaired) electrons. The fourth-order valence-corrected chi connectivity index (χ4v) is 5.61. The van der Waals surface area contributed by atoms with Crippen LogP contribution in [-0.4, -0.2) is 57.5 Å². The molecule has 0 saturated carbocycles. The number of aromatic nitrogens is 2. The van der Waals surface area contributed by atoms with Crippen LogP contribution in [0.1, 0.15) is 12.6 Å². The molecule has 4 rings (SSSR count). The third-order valence-electron chi connectivity index (χ3n) is 5.16. The molecule has 1 atom stereocenters. The molecule has 0 unspecified atom stereocenters. The Morgan fingerprint density at radius 1 is 1.21 bits per heavy atom. The molecule has 0 aliphatic carbocycles. The molecule has 1 aromatic carbocycles. The van der Waals surface area contributed by atoms with E-state index in [-0.39, 0.29) is 11.5 Å². The Bertz CT molecular complexity index is 924. The first-order chi connectivity index (χ1) is 13.5. The van der Waals surface area contributed by atoms with Crippen molar-refractivity contribution < 1.29 is 4.79 Å². The maximum atomic E-state index is 12.7. The second-order valence-electron chi connectivity index (χ2n) is 7.16. The topological polar surface area (TPSA) is 58.4 Å². The van der Waals surface area contributed by atoms with Crippen LogP contribution in [0, 0.1) is 0 Å². The van der Waals surface area contributed by atoms with Crippen molar-refractivity contribution in [3.8, 4) is 0 Å². The fraction of sp³-hybridized carbons (Fsp3) is 0.450. The van der Waals surface area contributed by atoms with Gasteiger partial charge >= 0.3 is 0 Å². The minimum Gasteiger partial charge on any atom is -0.368 e. The van der Waals surface area contributed by atoms with E-state index in [0.717, 1.165) is 43.2 Å². The molecule has 1 amide bonds. The molecular formula is C20H24N4O2S2. The average Bonchev–Trinajstić information content (AvgIpc) is 3.10. The van der Waals surface area contributed by atoms with E-state index in [1.807, 2.05) is 23.1 Å². The summed E-state index contributed by atoms with van der Waals surface area (Å²) in [6.45, 7) is 5.23. The number of fused-ring (bicyclic) bond motifs is 1. The minimum absolute atomic E-state index is 0.00535. The van der Waals surface area contributed by atoms with E-state index in [0.29, 0.717) is 16.2 Å². The van der Waals surface area contributed by atoms with Gasteiger partial charge in [0.25, 0.3) is 5.56 Å². The van der Waals surface area contributed by atoms with E-state index in [2.05, 4.69) is 28.9 Å². The molecule has 1 fully saturated rings. The van der Waals surface area contributed by atoms with Crippen molar-refractivity contribution in [3.05, 3.63) is 46.4 Å². The number of piperazine rings is 1. The smallest absolute Gasteiger partial charge is 0.267 e. The second kappa shape index (κ2) is 8.21. The van der Waals surface area contributed by atoms with Crippen molar-refractivity contribution in [2.45, 2.75) is 28.6 Å². The number of para-hydroxylation sites is 1. The predicted octanol–water partition coefficient (Wildman–Crippen LogP) is 2.26. The zero-order valence-corrected chi connectivity index (χ0v) is 17.8. The van der Waals surface area contributed by atoms with Crippen molar-refractivity contribution in [1.29, 1.82) is 0 Å². The molecule has 2 aliphatic rings. The van der Waals surface area contributed by atoms with Crippen LogP contribution in [0.25, 0.3) is 0 Å². The van der Waals surface area contributed by atoms with Crippen molar-refractivity contribution in [3.63, 3.8) is 0 Å². The van der Waals surface area contributed by atoms with Gasteiger partial charge in [-0.1, -0.05) is 36.9 Å². The molecule has 1 aromatic heterocycles. The number of benzene rings is 1. The Balaban J connectivity index is 1.35. The molecule has 2 aromatic rings. The zero-order chi connectivity index (χ0) is 19.7. The van der Waals surface area contributed by atoms with Crippen LogP contribution < -0.4 is 10.5 Å². The molecule has 3 heterocycles. The van der Waals surface area contributed by atoms with E-state index in [9.17, 15) is 9.59 Å². The number of carbonyl (C=O) groups excluding carboxylic acids is 1. The molecule has 0 N–H and O–H groups in total. The highest BCUT2D eigenvalue weighted by Crippen LogP contribution is 2.34. The Morgan fingerprint density at radius 3 is 2.64 bits per heavy atom. The first-order valence-electron chi connectivity index (χ1n) is 9.50. The number of carbonyl (C=O) groups is 1. The quantitative estimate of drug-likeness (QED) is 0.563. The third-order valence-corrected chi connectivity index (χ3v) is 7.39. The first kappa shape index (κ1) is 19.4. The van der Waals surface area contributed by atoms with Gasteiger partial charge in [-0.05, 0) is 12.1 Å². The molecule has 148 valence electrons. The summed E-state index contributed by atoms with van der Waals surface area (Å²) < 4.78 is 1.58. The number of hydrogen-bond acceptors (Lipinski definition) is 6. The number of thioether (sulfide) groups is 2. The lowest BCUT2D eigenvalue weighted by atomic mass is 10.2. The van der Waals surface area contributed by atoms with E-state index < -0.39 is 0 Å². The first-order valence-corrected chi connectivity index (χ1v) is 11.4. The van der Waals surface area contributed by atoms with Gasteiger partial charge in [-0.25, -0.2) is 4.98 Å². The number of anilines is 1. The molecular weight excluding hydrogens is 392 g/mol. The second-order valence-corrected chi connectivity index (χ2v) is 9.55. The van der Waals surface area contributed by atoms with Crippen LogP contribution in [-0.2, 0) is 18.3 Å². The number of rotatable bonds is 4.